The molecule has 1 heterocycles. The molecule has 5 nitrogen and oxygen atoms in total. The van der Waals surface area contributed by atoms with Gasteiger partial charge in [0.05, 0.1) is 5.52 Å². The van der Waals surface area contributed by atoms with Gasteiger partial charge >= 0.3 is 0 Å². The van der Waals surface area contributed by atoms with Gasteiger partial charge in [0.15, 0.2) is 0 Å². The molecule has 0 spiro atoms. The Kier molecular flexibility index (Phi) is 2.81. The van der Waals surface area contributed by atoms with Gasteiger partial charge < -0.3 is 5.73 Å². The van der Waals surface area contributed by atoms with E-state index in [-0.39, 0.29) is 17.0 Å². The molecule has 100 valence electrons. The number of rotatable bonds is 3. The van der Waals surface area contributed by atoms with E-state index in [0.29, 0.717) is 11.9 Å². The lowest BCUT2D eigenvalue weighted by molar-refractivity contribution is 0.580. The summed E-state index contributed by atoms with van der Waals surface area (Å²) in [7, 11) is -3.56. The first-order valence-electron chi connectivity index (χ1n) is 6.11. The quantitative estimate of drug-likeness (QED) is 0.873. The van der Waals surface area contributed by atoms with Crippen molar-refractivity contribution < 1.29 is 8.42 Å². The number of aryl methyl sites for hydroxylation is 1. The molecule has 1 saturated carbocycles. The average Bonchev–Trinajstić information content (AvgIpc) is 3.02. The standard InChI is InChI=1S/C13H15N3O2S/c1-8-5-9-3-2-4-12(13(9)15-7-8)19(17,18)16-11-6-10(11)14/h2-5,7,10-11,16H,6,14H2,1H3. The first-order valence-corrected chi connectivity index (χ1v) is 7.59. The highest BCUT2D eigenvalue weighted by Gasteiger charge is 2.37. The molecule has 3 rings (SSSR count). The second-order valence-electron chi connectivity index (χ2n) is 4.97. The lowest BCUT2D eigenvalue weighted by Gasteiger charge is -2.08. The van der Waals surface area contributed by atoms with Crippen LogP contribution in [-0.4, -0.2) is 25.5 Å². The fourth-order valence-electron chi connectivity index (χ4n) is 2.07. The van der Waals surface area contributed by atoms with Gasteiger partial charge in [0.2, 0.25) is 10.0 Å². The predicted molar refractivity (Wildman–Crippen MR) is 73.2 cm³/mol. The zero-order chi connectivity index (χ0) is 13.6. The zero-order valence-electron chi connectivity index (χ0n) is 10.5. The van der Waals surface area contributed by atoms with Crippen LogP contribution in [0.15, 0.2) is 35.4 Å². The highest BCUT2D eigenvalue weighted by atomic mass is 32.2. The lowest BCUT2D eigenvalue weighted by atomic mass is 10.2. The Bertz CT molecular complexity index is 743. The van der Waals surface area contributed by atoms with Gasteiger partial charge in [0, 0.05) is 23.7 Å². The van der Waals surface area contributed by atoms with Gasteiger partial charge in [-0.15, -0.1) is 0 Å². The summed E-state index contributed by atoms with van der Waals surface area (Å²) in [6.45, 7) is 1.93. The van der Waals surface area contributed by atoms with E-state index >= 15 is 0 Å². The second kappa shape index (κ2) is 4.26. The van der Waals surface area contributed by atoms with Crippen LogP contribution < -0.4 is 10.5 Å². The van der Waals surface area contributed by atoms with Crippen molar-refractivity contribution >= 4 is 20.9 Å². The first kappa shape index (κ1) is 12.5. The Morgan fingerprint density at radius 1 is 1.42 bits per heavy atom. The smallest absolute Gasteiger partial charge is 0.243 e. The highest BCUT2D eigenvalue weighted by molar-refractivity contribution is 7.89. The molecule has 1 aliphatic rings. The molecule has 0 aliphatic heterocycles. The van der Waals surface area contributed by atoms with Crippen molar-refractivity contribution in [1.82, 2.24) is 9.71 Å². The molecule has 1 fully saturated rings. The van der Waals surface area contributed by atoms with Crippen LogP contribution in [0.5, 0.6) is 0 Å². The molecular weight excluding hydrogens is 262 g/mol. The maximum Gasteiger partial charge on any atom is 0.243 e. The fraction of sp³-hybridized carbons (Fsp3) is 0.308. The second-order valence-corrected chi connectivity index (χ2v) is 6.65. The minimum atomic E-state index is -3.56. The summed E-state index contributed by atoms with van der Waals surface area (Å²) in [6, 6.07) is 6.86. The fourth-order valence-corrected chi connectivity index (χ4v) is 3.55. The van der Waals surface area contributed by atoms with E-state index in [9.17, 15) is 8.42 Å². The van der Waals surface area contributed by atoms with Crippen LogP contribution in [0.2, 0.25) is 0 Å². The van der Waals surface area contributed by atoms with Crippen LogP contribution in [0.1, 0.15) is 12.0 Å². The number of aromatic nitrogens is 1. The molecule has 0 amide bonds. The molecule has 1 aromatic carbocycles. The van der Waals surface area contributed by atoms with E-state index in [1.807, 2.05) is 19.1 Å². The van der Waals surface area contributed by atoms with Crippen molar-refractivity contribution in [2.75, 3.05) is 0 Å². The van der Waals surface area contributed by atoms with Gasteiger partial charge in [-0.1, -0.05) is 12.1 Å². The molecule has 2 aromatic rings. The van der Waals surface area contributed by atoms with Gasteiger partial charge in [-0.25, -0.2) is 13.1 Å². The SMILES string of the molecule is Cc1cnc2c(S(=O)(=O)NC3CC3N)cccc2c1. The van der Waals surface area contributed by atoms with Crippen molar-refractivity contribution in [3.63, 3.8) is 0 Å². The summed E-state index contributed by atoms with van der Waals surface area (Å²) < 4.78 is 27.3. The molecule has 3 N–H and O–H groups in total. The Morgan fingerprint density at radius 2 is 2.16 bits per heavy atom. The van der Waals surface area contributed by atoms with E-state index in [2.05, 4.69) is 9.71 Å². The molecule has 0 bridgehead atoms. The summed E-state index contributed by atoms with van der Waals surface area (Å²) in [5.41, 5.74) is 7.14. The summed E-state index contributed by atoms with van der Waals surface area (Å²) in [5.74, 6) is 0. The molecule has 0 saturated heterocycles. The van der Waals surface area contributed by atoms with Gasteiger partial charge in [-0.05, 0) is 31.0 Å². The van der Waals surface area contributed by atoms with Crippen LogP contribution >= 0.6 is 0 Å². The zero-order valence-corrected chi connectivity index (χ0v) is 11.3. The summed E-state index contributed by atoms with van der Waals surface area (Å²) in [4.78, 5) is 4.46. The van der Waals surface area contributed by atoms with Crippen LogP contribution in [0.4, 0.5) is 0 Å². The minimum absolute atomic E-state index is 0.0695. The van der Waals surface area contributed by atoms with Gasteiger partial charge in [0.25, 0.3) is 0 Å². The molecule has 2 unspecified atom stereocenters. The number of para-hydroxylation sites is 1. The third-order valence-electron chi connectivity index (χ3n) is 3.25. The van der Waals surface area contributed by atoms with Crippen LogP contribution in [0.25, 0.3) is 10.9 Å². The van der Waals surface area contributed by atoms with E-state index in [4.69, 9.17) is 5.73 Å². The largest absolute Gasteiger partial charge is 0.326 e. The number of pyridine rings is 1. The molecule has 1 aromatic heterocycles. The maximum absolute atomic E-state index is 12.3. The number of hydrogen-bond acceptors (Lipinski definition) is 4. The van der Waals surface area contributed by atoms with E-state index in [1.54, 1.807) is 18.3 Å². The number of nitrogens with one attached hydrogen (secondary N) is 1. The lowest BCUT2D eigenvalue weighted by Crippen LogP contribution is -2.30. The van der Waals surface area contributed by atoms with Crippen LogP contribution in [0, 0.1) is 6.92 Å². The van der Waals surface area contributed by atoms with Crippen molar-refractivity contribution in [3.8, 4) is 0 Å². The number of nitrogens with two attached hydrogens (primary N) is 1. The normalized spacial score (nSPS) is 22.6. The Balaban J connectivity index is 2.09. The molecule has 2 atom stereocenters. The molecular formula is C13H15N3O2S. The molecule has 6 heteroatoms. The number of hydrogen-bond donors (Lipinski definition) is 2. The van der Waals surface area contributed by atoms with E-state index in [0.717, 1.165) is 10.9 Å². The van der Waals surface area contributed by atoms with Crippen molar-refractivity contribution in [2.24, 2.45) is 5.73 Å². The summed E-state index contributed by atoms with van der Waals surface area (Å²) in [5, 5.41) is 0.822. The van der Waals surface area contributed by atoms with Crippen molar-refractivity contribution in [2.45, 2.75) is 30.3 Å². The minimum Gasteiger partial charge on any atom is -0.326 e. The molecule has 0 radical (unpaired) electrons. The van der Waals surface area contributed by atoms with Crippen molar-refractivity contribution in [3.05, 3.63) is 36.0 Å². The number of sulfonamides is 1. The highest BCUT2D eigenvalue weighted by Crippen LogP contribution is 2.25. The van der Waals surface area contributed by atoms with E-state index < -0.39 is 10.0 Å². The topological polar surface area (TPSA) is 85.1 Å². The number of nitrogens with zero attached hydrogens (tertiary/aromatic N) is 1. The third-order valence-corrected chi connectivity index (χ3v) is 4.77. The third kappa shape index (κ3) is 2.34. The monoisotopic (exact) mass is 277 g/mol. The van der Waals surface area contributed by atoms with Gasteiger partial charge in [-0.2, -0.15) is 0 Å². The van der Waals surface area contributed by atoms with Gasteiger partial charge in [0.1, 0.15) is 4.90 Å². The number of fused-ring (bicyclic) bond motifs is 1. The van der Waals surface area contributed by atoms with Crippen LogP contribution in [0.3, 0.4) is 0 Å². The Morgan fingerprint density at radius 3 is 2.84 bits per heavy atom. The van der Waals surface area contributed by atoms with Crippen molar-refractivity contribution in [1.29, 1.82) is 0 Å². The van der Waals surface area contributed by atoms with E-state index in [1.165, 1.54) is 0 Å². The Labute approximate surface area is 111 Å². The maximum atomic E-state index is 12.3. The summed E-state index contributed by atoms with van der Waals surface area (Å²) in [6.07, 6.45) is 2.36. The molecule has 19 heavy (non-hydrogen) atoms. The average molecular weight is 277 g/mol. The van der Waals surface area contributed by atoms with Gasteiger partial charge in [-0.3, -0.25) is 4.98 Å². The van der Waals surface area contributed by atoms with Crippen LogP contribution in [-0.2, 0) is 10.0 Å². The molecule has 1 aliphatic carbocycles. The summed E-state index contributed by atoms with van der Waals surface area (Å²) >= 11 is 0. The Hall–Kier alpha value is -1.50. The first-order chi connectivity index (χ1) is 8.97. The predicted octanol–water partition coefficient (Wildman–Crippen LogP) is 0.921. The number of benzene rings is 1.